The lowest BCUT2D eigenvalue weighted by atomic mass is 9.73. The van der Waals surface area contributed by atoms with Gasteiger partial charge in [0.1, 0.15) is 5.76 Å². The van der Waals surface area contributed by atoms with E-state index in [1.807, 2.05) is 38.1 Å². The first-order valence-corrected chi connectivity index (χ1v) is 18.0. The van der Waals surface area contributed by atoms with Gasteiger partial charge in [-0.15, -0.1) is 0 Å². The molecule has 0 bridgehead atoms. The van der Waals surface area contributed by atoms with Crippen LogP contribution in [0.2, 0.25) is 0 Å². The van der Waals surface area contributed by atoms with Crippen molar-refractivity contribution in [2.75, 3.05) is 23.4 Å². The zero-order valence-electron chi connectivity index (χ0n) is 31.8. The van der Waals surface area contributed by atoms with Crippen LogP contribution in [0.4, 0.5) is 21.0 Å². The fraction of sp³-hybridized carbons (Fsp3) is 0.550. The van der Waals surface area contributed by atoms with Crippen LogP contribution >= 0.6 is 0 Å². The lowest BCUT2D eigenvalue weighted by molar-refractivity contribution is -0.111. The summed E-state index contributed by atoms with van der Waals surface area (Å²) in [5.41, 5.74) is 4.89. The third-order valence-electron chi connectivity index (χ3n) is 11.0. The molecular formula is C40H54N4O6. The number of aliphatic hydroxyl groups is 1. The Morgan fingerprint density at radius 3 is 2.08 bits per heavy atom. The van der Waals surface area contributed by atoms with Crippen molar-refractivity contribution in [3.05, 3.63) is 63.6 Å². The van der Waals surface area contributed by atoms with Crippen molar-refractivity contribution in [2.24, 2.45) is 10.4 Å². The number of nitrogens with zero attached hydrogens (tertiary/aromatic N) is 3. The number of ketones is 1. The number of fused-ring (bicyclic) bond motifs is 2. The number of carbonyl (C=O) groups is 3. The fourth-order valence-corrected chi connectivity index (χ4v) is 7.80. The minimum atomic E-state index is -0.757. The maximum Gasteiger partial charge on any atom is 0.434 e. The number of hydrogen-bond donors (Lipinski definition) is 2. The third kappa shape index (κ3) is 5.94. The number of Topliss-reactive ketones (excluding diaryl/α,β-unsaturated/α-hetero) is 1. The van der Waals surface area contributed by atoms with E-state index in [4.69, 9.17) is 9.47 Å². The Labute approximate surface area is 297 Å². The Balaban J connectivity index is 1.73. The molecule has 2 N–H and O–H groups in total. The first kappa shape index (κ1) is 36.9. The van der Waals surface area contributed by atoms with Gasteiger partial charge in [0, 0.05) is 57.5 Å². The molecule has 0 spiro atoms. The summed E-state index contributed by atoms with van der Waals surface area (Å²) >= 11 is 0. The highest BCUT2D eigenvalue weighted by atomic mass is 16.6. The van der Waals surface area contributed by atoms with Gasteiger partial charge in [-0.25, -0.2) is 9.59 Å². The number of benzene rings is 1. The second kappa shape index (κ2) is 13.4. The lowest BCUT2D eigenvalue weighted by Gasteiger charge is -2.34. The number of anilines is 2. The third-order valence-corrected chi connectivity index (χ3v) is 11.0. The average Bonchev–Trinajstić information content (AvgIpc) is 3.35. The van der Waals surface area contributed by atoms with E-state index in [-0.39, 0.29) is 70.8 Å². The maximum atomic E-state index is 14.4. The zero-order chi connectivity index (χ0) is 37.0. The van der Waals surface area contributed by atoms with Gasteiger partial charge in [0.25, 0.3) is 0 Å². The Morgan fingerprint density at radius 2 is 1.50 bits per heavy atom. The molecule has 2 atom stereocenters. The molecule has 2 heterocycles. The molecule has 50 heavy (non-hydrogen) atoms. The highest BCUT2D eigenvalue weighted by Crippen LogP contribution is 2.53. The number of likely N-dealkylation sites (tertiary alicyclic amines) is 1. The van der Waals surface area contributed by atoms with Crippen LogP contribution in [-0.4, -0.2) is 71.1 Å². The standard InChI is InChI=1S/C40H54N4O6/c1-13-15-49-37(47)41-29-19-31-27(39(9,10)23(7)43(31)21(3)4)17-25(29)33-35(45)34(36(33)46)26-18-28-32(20-30(26)42-38(48)50-16-14-2)44(22(5)6)24(8)40(28,11)12/h17-24,45H,13-16H2,1-12H3,(H,41,47). The molecule has 1 aromatic rings. The largest absolute Gasteiger partial charge is 0.506 e. The monoisotopic (exact) mass is 686 g/mol. The van der Waals surface area contributed by atoms with Crippen LogP contribution in [0.1, 0.15) is 107 Å². The van der Waals surface area contributed by atoms with Gasteiger partial charge < -0.3 is 24.4 Å². The first-order chi connectivity index (χ1) is 23.4. The molecule has 10 nitrogen and oxygen atoms in total. The van der Waals surface area contributed by atoms with E-state index in [1.54, 1.807) is 0 Å². The van der Waals surface area contributed by atoms with Gasteiger partial charge in [0.2, 0.25) is 5.78 Å². The summed E-state index contributed by atoms with van der Waals surface area (Å²) in [5, 5.41) is 14.7. The Morgan fingerprint density at radius 1 is 0.900 bits per heavy atom. The highest BCUT2D eigenvalue weighted by molar-refractivity contribution is 6.42. The summed E-state index contributed by atoms with van der Waals surface area (Å²) < 4.78 is 10.7. The molecule has 2 amide bonds. The molecule has 0 aromatic heterocycles. The number of amides is 2. The molecule has 10 heteroatoms. The molecule has 0 radical (unpaired) electrons. The van der Waals surface area contributed by atoms with Gasteiger partial charge in [0.15, 0.2) is 0 Å². The van der Waals surface area contributed by atoms with Crippen LogP contribution in [0.25, 0.3) is 5.57 Å². The summed E-state index contributed by atoms with van der Waals surface area (Å²) in [4.78, 5) is 49.1. The van der Waals surface area contributed by atoms with Gasteiger partial charge in [0.05, 0.1) is 35.8 Å². The van der Waals surface area contributed by atoms with Crippen LogP contribution in [0.5, 0.6) is 0 Å². The van der Waals surface area contributed by atoms with Gasteiger partial charge >= 0.3 is 12.2 Å². The molecule has 0 saturated carbocycles. The van der Waals surface area contributed by atoms with E-state index in [2.05, 4.69) is 89.3 Å². The SMILES string of the molecule is CCCOC(=O)N=C1C=C2C(=CC1=C1C(=O)C(c3cc4c(cc3NC(=O)OCCC)N(C(C)C)C(C)C4(C)C)=C1O)C(C)(C)C(C)N2C(C)C. The van der Waals surface area contributed by atoms with E-state index in [9.17, 15) is 19.5 Å². The summed E-state index contributed by atoms with van der Waals surface area (Å²) in [6.07, 6.45) is 3.64. The van der Waals surface area contributed by atoms with Crippen LogP contribution in [-0.2, 0) is 19.7 Å². The molecule has 5 rings (SSSR count). The fourth-order valence-electron chi connectivity index (χ4n) is 7.80. The molecule has 1 fully saturated rings. The molecule has 2 unspecified atom stereocenters. The highest BCUT2D eigenvalue weighted by Gasteiger charge is 2.49. The van der Waals surface area contributed by atoms with E-state index in [0.717, 1.165) is 22.5 Å². The number of carbonyl (C=O) groups excluding carboxylic acids is 3. The minimum absolute atomic E-state index is 0.0766. The maximum absolute atomic E-state index is 14.4. The average molecular weight is 687 g/mol. The van der Waals surface area contributed by atoms with Crippen LogP contribution in [0, 0.1) is 5.41 Å². The summed E-state index contributed by atoms with van der Waals surface area (Å²) in [6.45, 7) is 25.8. The Hall–Kier alpha value is -4.34. The Bertz CT molecular complexity index is 1770. The van der Waals surface area contributed by atoms with Gasteiger partial charge in [-0.3, -0.25) is 10.1 Å². The van der Waals surface area contributed by atoms with E-state index >= 15 is 0 Å². The molecule has 1 saturated heterocycles. The predicted molar refractivity (Wildman–Crippen MR) is 199 cm³/mol. The van der Waals surface area contributed by atoms with Gasteiger partial charge in [-0.05, 0) is 89.8 Å². The summed E-state index contributed by atoms with van der Waals surface area (Å²) in [6, 6.07) is 4.41. The number of aliphatic imine (C=N–C) groups is 1. The predicted octanol–water partition coefficient (Wildman–Crippen LogP) is 8.64. The number of nitrogens with one attached hydrogen (secondary N) is 1. The molecule has 2 aliphatic heterocycles. The van der Waals surface area contributed by atoms with E-state index < -0.39 is 18.0 Å². The second-order valence-corrected chi connectivity index (χ2v) is 15.5. The van der Waals surface area contributed by atoms with E-state index in [1.165, 1.54) is 0 Å². The number of allylic oxidation sites excluding steroid dienone is 6. The molecule has 270 valence electrons. The molecule has 4 aliphatic rings. The number of hydrogen-bond acceptors (Lipinski definition) is 8. The van der Waals surface area contributed by atoms with Crippen LogP contribution < -0.4 is 10.2 Å². The van der Waals surface area contributed by atoms with Gasteiger partial charge in [-0.2, -0.15) is 4.99 Å². The second-order valence-electron chi connectivity index (χ2n) is 15.5. The first-order valence-electron chi connectivity index (χ1n) is 18.0. The van der Waals surface area contributed by atoms with Crippen molar-refractivity contribution >= 4 is 40.6 Å². The zero-order valence-corrected chi connectivity index (χ0v) is 31.8. The molecule has 2 aliphatic carbocycles. The van der Waals surface area contributed by atoms with Crippen LogP contribution in [0.15, 0.2) is 57.5 Å². The Kier molecular flexibility index (Phi) is 9.91. The van der Waals surface area contributed by atoms with Crippen molar-refractivity contribution in [3.8, 4) is 0 Å². The number of aliphatic hydroxyl groups excluding tert-OH is 1. The molecule has 1 aromatic carbocycles. The van der Waals surface area contributed by atoms with Crippen LogP contribution in [0.3, 0.4) is 0 Å². The normalized spacial score (nSPS) is 24.4. The molecular weight excluding hydrogens is 632 g/mol. The quantitative estimate of drug-likeness (QED) is 0.261. The topological polar surface area (TPSA) is 121 Å². The van der Waals surface area contributed by atoms with Crippen molar-refractivity contribution < 1.29 is 29.0 Å². The summed E-state index contributed by atoms with van der Waals surface area (Å²) in [5.74, 6) is -0.618. The van der Waals surface area contributed by atoms with Gasteiger partial charge in [-0.1, -0.05) is 41.5 Å². The van der Waals surface area contributed by atoms with Crippen molar-refractivity contribution in [1.29, 1.82) is 0 Å². The van der Waals surface area contributed by atoms with Crippen molar-refractivity contribution in [1.82, 2.24) is 4.90 Å². The smallest absolute Gasteiger partial charge is 0.434 e. The number of rotatable bonds is 8. The minimum Gasteiger partial charge on any atom is -0.506 e. The number of ether oxygens (including phenoxy) is 2. The van der Waals surface area contributed by atoms with Crippen molar-refractivity contribution in [3.63, 3.8) is 0 Å². The summed E-state index contributed by atoms with van der Waals surface area (Å²) in [7, 11) is 0. The van der Waals surface area contributed by atoms with Crippen molar-refractivity contribution in [2.45, 2.75) is 126 Å². The van der Waals surface area contributed by atoms with E-state index in [0.29, 0.717) is 29.7 Å². The lowest BCUT2D eigenvalue weighted by Crippen LogP contribution is -2.42.